The lowest BCUT2D eigenvalue weighted by Crippen LogP contribution is -2.19. The van der Waals surface area contributed by atoms with Crippen LogP contribution < -0.4 is 0 Å². The molecule has 0 heterocycles. The lowest BCUT2D eigenvalue weighted by atomic mass is 9.88. The quantitative estimate of drug-likeness (QED) is 0.785. The number of hydrogen-bond acceptors (Lipinski definition) is 2. The highest BCUT2D eigenvalue weighted by Crippen LogP contribution is 2.65. The Morgan fingerprint density at radius 2 is 2.00 bits per heavy atom. The Kier molecular flexibility index (Phi) is 2.05. The van der Waals surface area contributed by atoms with Crippen molar-refractivity contribution in [2.45, 2.75) is 25.7 Å². The summed E-state index contributed by atoms with van der Waals surface area (Å²) in [6.07, 6.45) is 0.771. The summed E-state index contributed by atoms with van der Waals surface area (Å²) in [5.41, 5.74) is -0.0263. The van der Waals surface area contributed by atoms with Crippen LogP contribution in [-0.2, 0) is 5.41 Å². The number of phenolic OH excluding ortho intramolecular Hbond substituents is 1. The largest absolute Gasteiger partial charge is 0.505 e. The van der Waals surface area contributed by atoms with Gasteiger partial charge in [0.1, 0.15) is 0 Å². The van der Waals surface area contributed by atoms with Crippen molar-refractivity contribution in [1.29, 1.82) is 0 Å². The Morgan fingerprint density at radius 1 is 1.40 bits per heavy atom. The van der Waals surface area contributed by atoms with Crippen molar-refractivity contribution in [1.82, 2.24) is 0 Å². The van der Waals surface area contributed by atoms with E-state index >= 15 is 0 Å². The highest BCUT2D eigenvalue weighted by Gasteiger charge is 2.62. The molecule has 1 fully saturated rings. The first kappa shape index (κ1) is 10.4. The van der Waals surface area contributed by atoms with Gasteiger partial charge in [-0.2, -0.15) is 0 Å². The minimum atomic E-state index is -0.622. The third-order valence-corrected chi connectivity index (χ3v) is 3.69. The molecule has 1 aromatic rings. The summed E-state index contributed by atoms with van der Waals surface area (Å²) in [6, 6.07) is 4.47. The lowest BCUT2D eigenvalue weighted by molar-refractivity contribution is 0.227. The van der Waals surface area contributed by atoms with Crippen molar-refractivity contribution in [2.75, 3.05) is 6.61 Å². The van der Waals surface area contributed by atoms with Crippen LogP contribution in [0.15, 0.2) is 18.2 Å². The van der Waals surface area contributed by atoms with Crippen LogP contribution in [0.5, 0.6) is 5.75 Å². The van der Waals surface area contributed by atoms with Gasteiger partial charge in [-0.3, -0.25) is 0 Å². The van der Waals surface area contributed by atoms with Gasteiger partial charge in [0, 0.05) is 11.0 Å². The summed E-state index contributed by atoms with van der Waals surface area (Å²) in [5.74, 6) is -0.944. The van der Waals surface area contributed by atoms with E-state index in [2.05, 4.69) is 0 Å². The molecule has 0 aliphatic heterocycles. The first-order valence-electron chi connectivity index (χ1n) is 5.03. The van der Waals surface area contributed by atoms with Gasteiger partial charge in [-0.05, 0) is 17.9 Å². The van der Waals surface area contributed by atoms with Crippen molar-refractivity contribution in [3.05, 3.63) is 29.6 Å². The zero-order valence-corrected chi connectivity index (χ0v) is 8.92. The lowest BCUT2D eigenvalue weighted by Gasteiger charge is -2.19. The first-order chi connectivity index (χ1) is 6.94. The number of benzene rings is 1. The molecule has 0 saturated heterocycles. The molecular formula is C12H15FO2. The topological polar surface area (TPSA) is 40.5 Å². The van der Waals surface area contributed by atoms with Crippen LogP contribution in [0.2, 0.25) is 0 Å². The minimum absolute atomic E-state index is 0.0585. The fraction of sp³-hybridized carbons (Fsp3) is 0.500. The van der Waals surface area contributed by atoms with Gasteiger partial charge in [0.25, 0.3) is 0 Å². The first-order valence-corrected chi connectivity index (χ1v) is 5.03. The molecule has 82 valence electrons. The molecule has 1 aromatic carbocycles. The van der Waals surface area contributed by atoms with Crippen molar-refractivity contribution in [3.63, 3.8) is 0 Å². The summed E-state index contributed by atoms with van der Waals surface area (Å²) in [4.78, 5) is 0. The van der Waals surface area contributed by atoms with Gasteiger partial charge in [0.05, 0.1) is 6.61 Å². The zero-order chi connectivity index (χ0) is 11.3. The maximum Gasteiger partial charge on any atom is 0.165 e. The molecule has 1 aliphatic rings. The molecule has 1 atom stereocenters. The Balaban J connectivity index is 2.51. The van der Waals surface area contributed by atoms with Crippen LogP contribution in [0.4, 0.5) is 4.39 Å². The van der Waals surface area contributed by atoms with Crippen LogP contribution in [-0.4, -0.2) is 16.8 Å². The SMILES string of the molecule is CC1(C)CC1(CO)c1cccc(F)c1O. The summed E-state index contributed by atoms with van der Waals surface area (Å²) >= 11 is 0. The number of rotatable bonds is 2. The van der Waals surface area contributed by atoms with Crippen LogP contribution in [0.25, 0.3) is 0 Å². The van der Waals surface area contributed by atoms with Crippen molar-refractivity contribution < 1.29 is 14.6 Å². The highest BCUT2D eigenvalue weighted by atomic mass is 19.1. The standard InChI is InChI=1S/C12H15FO2/c1-11(2)6-12(11,7-14)8-4-3-5-9(13)10(8)15/h3-5,14-15H,6-7H2,1-2H3. The molecule has 2 nitrogen and oxygen atoms in total. The Morgan fingerprint density at radius 3 is 2.47 bits per heavy atom. The van der Waals surface area contributed by atoms with E-state index in [1.54, 1.807) is 12.1 Å². The molecule has 15 heavy (non-hydrogen) atoms. The van der Waals surface area contributed by atoms with Crippen LogP contribution in [0.3, 0.4) is 0 Å². The predicted octanol–water partition coefficient (Wildman–Crippen LogP) is 2.19. The molecule has 0 bridgehead atoms. The van der Waals surface area contributed by atoms with E-state index in [-0.39, 0.29) is 17.8 Å². The molecule has 1 unspecified atom stereocenters. The second kappa shape index (κ2) is 2.95. The van der Waals surface area contributed by atoms with Gasteiger partial charge in [-0.15, -0.1) is 0 Å². The molecule has 1 saturated carbocycles. The number of aliphatic hydroxyl groups is 1. The Bertz CT molecular complexity index is 401. The van der Waals surface area contributed by atoms with Gasteiger partial charge in [0.15, 0.2) is 11.6 Å². The van der Waals surface area contributed by atoms with E-state index in [1.165, 1.54) is 6.07 Å². The Labute approximate surface area is 88.4 Å². The second-order valence-corrected chi connectivity index (χ2v) is 4.94. The monoisotopic (exact) mass is 210 g/mol. The smallest absolute Gasteiger partial charge is 0.165 e. The molecule has 0 amide bonds. The molecule has 0 spiro atoms. The van der Waals surface area contributed by atoms with E-state index in [9.17, 15) is 14.6 Å². The van der Waals surface area contributed by atoms with E-state index in [0.29, 0.717) is 5.56 Å². The van der Waals surface area contributed by atoms with Gasteiger partial charge < -0.3 is 10.2 Å². The van der Waals surface area contributed by atoms with Gasteiger partial charge >= 0.3 is 0 Å². The molecule has 2 N–H and O–H groups in total. The number of aromatic hydroxyl groups is 1. The minimum Gasteiger partial charge on any atom is -0.505 e. The molecule has 3 heteroatoms. The summed E-state index contributed by atoms with van der Waals surface area (Å²) < 4.78 is 13.2. The van der Waals surface area contributed by atoms with Crippen LogP contribution in [0, 0.1) is 11.2 Å². The van der Waals surface area contributed by atoms with E-state index in [4.69, 9.17) is 0 Å². The number of hydrogen-bond donors (Lipinski definition) is 2. The van der Waals surface area contributed by atoms with Gasteiger partial charge in [0.2, 0.25) is 0 Å². The number of aliphatic hydroxyl groups excluding tert-OH is 1. The van der Waals surface area contributed by atoms with Gasteiger partial charge in [-0.1, -0.05) is 26.0 Å². The van der Waals surface area contributed by atoms with Crippen molar-refractivity contribution in [3.8, 4) is 5.75 Å². The van der Waals surface area contributed by atoms with E-state index < -0.39 is 11.2 Å². The number of halogens is 1. The molecule has 0 aromatic heterocycles. The van der Waals surface area contributed by atoms with Crippen molar-refractivity contribution in [2.24, 2.45) is 5.41 Å². The summed E-state index contributed by atoms with van der Waals surface area (Å²) in [6.45, 7) is 3.96. The fourth-order valence-electron chi connectivity index (χ4n) is 2.43. The average Bonchev–Trinajstić information content (AvgIpc) is 2.74. The fourth-order valence-corrected chi connectivity index (χ4v) is 2.43. The Hall–Kier alpha value is -1.09. The average molecular weight is 210 g/mol. The number of phenols is 1. The highest BCUT2D eigenvalue weighted by molar-refractivity contribution is 5.46. The number of para-hydroxylation sites is 1. The second-order valence-electron chi connectivity index (χ2n) is 4.94. The maximum atomic E-state index is 13.2. The van der Waals surface area contributed by atoms with Crippen molar-refractivity contribution >= 4 is 0 Å². The normalized spacial score (nSPS) is 27.7. The van der Waals surface area contributed by atoms with Crippen LogP contribution in [0.1, 0.15) is 25.8 Å². The van der Waals surface area contributed by atoms with Crippen LogP contribution >= 0.6 is 0 Å². The summed E-state index contributed by atoms with van der Waals surface area (Å²) in [7, 11) is 0. The maximum absolute atomic E-state index is 13.2. The third-order valence-electron chi connectivity index (χ3n) is 3.69. The zero-order valence-electron chi connectivity index (χ0n) is 8.92. The molecule has 0 radical (unpaired) electrons. The third kappa shape index (κ3) is 1.26. The predicted molar refractivity (Wildman–Crippen MR) is 55.2 cm³/mol. The molecule has 1 aliphatic carbocycles. The summed E-state index contributed by atoms with van der Waals surface area (Å²) in [5, 5.41) is 19.1. The van der Waals surface area contributed by atoms with E-state index in [0.717, 1.165) is 6.42 Å². The van der Waals surface area contributed by atoms with E-state index in [1.807, 2.05) is 13.8 Å². The molecule has 2 rings (SSSR count). The van der Waals surface area contributed by atoms with Gasteiger partial charge in [-0.25, -0.2) is 4.39 Å². The molecular weight excluding hydrogens is 195 g/mol.